The Balaban J connectivity index is 2.18. The van der Waals surface area contributed by atoms with Crippen molar-refractivity contribution in [2.24, 2.45) is 5.92 Å². The van der Waals surface area contributed by atoms with Crippen LogP contribution < -0.4 is 5.32 Å². The molecule has 0 aromatic carbocycles. The first-order valence-corrected chi connectivity index (χ1v) is 7.33. The first-order chi connectivity index (χ1) is 9.22. The van der Waals surface area contributed by atoms with Crippen molar-refractivity contribution in [2.75, 3.05) is 19.0 Å². The molecule has 1 heterocycles. The third kappa shape index (κ3) is 3.90. The van der Waals surface area contributed by atoms with Gasteiger partial charge in [0.1, 0.15) is 11.6 Å². The largest absolute Gasteiger partial charge is 0.378 e. The molecule has 1 aromatic heterocycles. The Morgan fingerprint density at radius 3 is 2.84 bits per heavy atom. The summed E-state index contributed by atoms with van der Waals surface area (Å²) in [6, 6.07) is 2.00. The van der Waals surface area contributed by atoms with E-state index >= 15 is 0 Å². The van der Waals surface area contributed by atoms with Crippen LogP contribution in [-0.4, -0.2) is 23.6 Å². The zero-order valence-electron chi connectivity index (χ0n) is 12.3. The van der Waals surface area contributed by atoms with Gasteiger partial charge in [-0.1, -0.05) is 13.8 Å². The summed E-state index contributed by atoms with van der Waals surface area (Å²) in [5, 5.41) is 3.36. The first kappa shape index (κ1) is 14.3. The average molecular weight is 263 g/mol. The van der Waals surface area contributed by atoms with Crippen molar-refractivity contribution in [1.29, 1.82) is 0 Å². The molecule has 0 amide bonds. The second kappa shape index (κ2) is 6.85. The van der Waals surface area contributed by atoms with Gasteiger partial charge in [0.05, 0.1) is 12.3 Å². The van der Waals surface area contributed by atoms with Gasteiger partial charge >= 0.3 is 0 Å². The lowest BCUT2D eigenvalue weighted by atomic mass is 10.1. The average Bonchev–Trinajstić information content (AvgIpc) is 2.83. The molecule has 1 aliphatic carbocycles. The van der Waals surface area contributed by atoms with E-state index in [-0.39, 0.29) is 0 Å². The molecule has 4 nitrogen and oxygen atoms in total. The Morgan fingerprint density at radius 2 is 2.21 bits per heavy atom. The second-order valence-electron chi connectivity index (χ2n) is 5.58. The molecule has 1 N–H and O–H groups in total. The van der Waals surface area contributed by atoms with E-state index in [0.29, 0.717) is 12.5 Å². The number of hydrogen-bond acceptors (Lipinski definition) is 4. The topological polar surface area (TPSA) is 47.0 Å². The van der Waals surface area contributed by atoms with Gasteiger partial charge in [0.15, 0.2) is 0 Å². The van der Waals surface area contributed by atoms with Crippen molar-refractivity contribution in [1.82, 2.24) is 9.97 Å². The molecular weight excluding hydrogens is 238 g/mol. The quantitative estimate of drug-likeness (QED) is 0.855. The first-order valence-electron chi connectivity index (χ1n) is 7.33. The zero-order chi connectivity index (χ0) is 13.7. The third-order valence-corrected chi connectivity index (χ3v) is 3.70. The van der Waals surface area contributed by atoms with Crippen molar-refractivity contribution < 1.29 is 4.74 Å². The maximum atomic E-state index is 5.21. The summed E-state index contributed by atoms with van der Waals surface area (Å²) in [6.07, 6.45) is 4.81. The number of ether oxygens (including phenoxy) is 1. The van der Waals surface area contributed by atoms with E-state index in [1.165, 1.54) is 19.3 Å². The van der Waals surface area contributed by atoms with Crippen molar-refractivity contribution in [3.8, 4) is 0 Å². The molecule has 2 atom stereocenters. The maximum Gasteiger partial charge on any atom is 0.134 e. The van der Waals surface area contributed by atoms with Gasteiger partial charge in [0.25, 0.3) is 0 Å². The predicted octanol–water partition coefficient (Wildman–Crippen LogP) is 3.35. The fourth-order valence-electron chi connectivity index (χ4n) is 2.71. The van der Waals surface area contributed by atoms with Gasteiger partial charge in [0, 0.05) is 25.6 Å². The maximum absolute atomic E-state index is 5.21. The number of anilines is 1. The van der Waals surface area contributed by atoms with Gasteiger partial charge in [-0.25, -0.2) is 9.97 Å². The number of rotatable bonds is 6. The Bertz CT molecular complexity index is 408. The molecule has 1 aliphatic rings. The predicted molar refractivity (Wildman–Crippen MR) is 77.3 cm³/mol. The van der Waals surface area contributed by atoms with Crippen LogP contribution in [0.15, 0.2) is 6.07 Å². The molecule has 19 heavy (non-hydrogen) atoms. The molecule has 1 fully saturated rings. The summed E-state index contributed by atoms with van der Waals surface area (Å²) in [5.74, 6) is 3.26. The smallest absolute Gasteiger partial charge is 0.134 e. The van der Waals surface area contributed by atoms with E-state index in [0.717, 1.165) is 36.2 Å². The molecular formula is C15H25N3O. The van der Waals surface area contributed by atoms with Crippen LogP contribution in [0.3, 0.4) is 0 Å². The molecule has 4 heteroatoms. The summed E-state index contributed by atoms with van der Waals surface area (Å²) >= 11 is 0. The van der Waals surface area contributed by atoms with Gasteiger partial charge in [0.2, 0.25) is 0 Å². The van der Waals surface area contributed by atoms with Gasteiger partial charge in [-0.3, -0.25) is 0 Å². The van der Waals surface area contributed by atoms with Gasteiger partial charge in [-0.2, -0.15) is 0 Å². The fraction of sp³-hybridized carbons (Fsp3) is 0.733. The van der Waals surface area contributed by atoms with Crippen molar-refractivity contribution >= 4 is 5.82 Å². The van der Waals surface area contributed by atoms with Gasteiger partial charge < -0.3 is 10.1 Å². The van der Waals surface area contributed by atoms with Crippen molar-refractivity contribution in [3.63, 3.8) is 0 Å². The van der Waals surface area contributed by atoms with E-state index in [4.69, 9.17) is 9.72 Å². The molecule has 0 bridgehead atoms. The van der Waals surface area contributed by atoms with Crippen LogP contribution in [0.4, 0.5) is 5.82 Å². The SMILES string of the molecule is CCCNc1cc(COC)nc(C2CCC(C)C2)n1. The molecule has 2 unspecified atom stereocenters. The summed E-state index contributed by atoms with van der Waals surface area (Å²) in [4.78, 5) is 9.36. The fourth-order valence-corrected chi connectivity index (χ4v) is 2.71. The molecule has 0 spiro atoms. The lowest BCUT2D eigenvalue weighted by Crippen LogP contribution is -2.10. The highest BCUT2D eigenvalue weighted by Gasteiger charge is 2.25. The highest BCUT2D eigenvalue weighted by atomic mass is 16.5. The molecule has 106 valence electrons. The van der Waals surface area contributed by atoms with Crippen LogP contribution in [0.5, 0.6) is 0 Å². The van der Waals surface area contributed by atoms with Crippen molar-refractivity contribution in [2.45, 2.75) is 52.1 Å². The lowest BCUT2D eigenvalue weighted by molar-refractivity contribution is 0.181. The molecule has 0 saturated heterocycles. The highest BCUT2D eigenvalue weighted by Crippen LogP contribution is 2.36. The number of nitrogens with one attached hydrogen (secondary N) is 1. The van der Waals surface area contributed by atoms with Gasteiger partial charge in [-0.05, 0) is 31.6 Å². The Morgan fingerprint density at radius 1 is 1.37 bits per heavy atom. The van der Waals surface area contributed by atoms with Crippen LogP contribution in [0, 0.1) is 5.92 Å². The monoisotopic (exact) mass is 263 g/mol. The van der Waals surface area contributed by atoms with E-state index in [1.807, 2.05) is 6.07 Å². The van der Waals surface area contributed by atoms with Crippen LogP contribution in [0.25, 0.3) is 0 Å². The summed E-state index contributed by atoms with van der Waals surface area (Å²) in [5.41, 5.74) is 0.977. The van der Waals surface area contributed by atoms with Crippen LogP contribution in [-0.2, 0) is 11.3 Å². The zero-order valence-corrected chi connectivity index (χ0v) is 12.3. The Labute approximate surface area is 116 Å². The molecule has 1 saturated carbocycles. The van der Waals surface area contributed by atoms with Crippen molar-refractivity contribution in [3.05, 3.63) is 17.6 Å². The highest BCUT2D eigenvalue weighted by molar-refractivity contribution is 5.36. The van der Waals surface area contributed by atoms with Crippen LogP contribution in [0.1, 0.15) is 57.0 Å². The minimum absolute atomic E-state index is 0.522. The standard InChI is InChI=1S/C15H25N3O/c1-4-7-16-14-9-13(10-19-3)17-15(18-14)12-6-5-11(2)8-12/h9,11-12H,4-8,10H2,1-3H3,(H,16,17,18). The van der Waals surface area contributed by atoms with E-state index < -0.39 is 0 Å². The lowest BCUT2D eigenvalue weighted by Gasteiger charge is -2.13. The summed E-state index contributed by atoms with van der Waals surface area (Å²) in [7, 11) is 1.71. The van der Waals surface area contributed by atoms with E-state index in [9.17, 15) is 0 Å². The normalized spacial score (nSPS) is 22.7. The molecule has 0 aliphatic heterocycles. The molecule has 2 rings (SSSR count). The number of hydrogen-bond donors (Lipinski definition) is 1. The number of nitrogens with zero attached hydrogens (tertiary/aromatic N) is 2. The minimum Gasteiger partial charge on any atom is -0.378 e. The number of aromatic nitrogens is 2. The Kier molecular flexibility index (Phi) is 5.14. The summed E-state index contributed by atoms with van der Waals surface area (Å²) in [6.45, 7) is 5.97. The number of methoxy groups -OCH3 is 1. The van der Waals surface area contributed by atoms with Crippen LogP contribution in [0.2, 0.25) is 0 Å². The summed E-state index contributed by atoms with van der Waals surface area (Å²) < 4.78 is 5.21. The van der Waals surface area contributed by atoms with Crippen LogP contribution >= 0.6 is 0 Å². The molecule has 1 aromatic rings. The molecule has 0 radical (unpaired) electrons. The Hall–Kier alpha value is -1.16. The second-order valence-corrected chi connectivity index (χ2v) is 5.58. The van der Waals surface area contributed by atoms with E-state index in [1.54, 1.807) is 7.11 Å². The minimum atomic E-state index is 0.522. The van der Waals surface area contributed by atoms with E-state index in [2.05, 4.69) is 24.1 Å². The van der Waals surface area contributed by atoms with Gasteiger partial charge in [-0.15, -0.1) is 0 Å². The third-order valence-electron chi connectivity index (χ3n) is 3.70.